The first-order valence-corrected chi connectivity index (χ1v) is 14.7. The molecule has 2 saturated heterocycles. The van der Waals surface area contributed by atoms with E-state index < -0.39 is 107 Å². The van der Waals surface area contributed by atoms with E-state index in [1.807, 2.05) is 4.98 Å². The molecule has 0 amide bonds. The molecule has 11 atom stereocenters. The molecule has 21 nitrogen and oxygen atoms in total. The standard InChI is InChI=1S/C19H28N2O19P2/c1-7(22)34-5-9-12(25)13(26)14(27)18(38-9)39-42(32,33)40-41(30,31)35-6-10-16(36-8(2)23)15(28)17(37-10)21-4-3-11(24)20-19(21)29/h3-4,9-10,12-18,25-28H,5-6H2,1-2H3,(H,30,31)(H,32,33)(H,20,24,29)/t9-,10-,12-,13+,14-,15-,16-,17-,18-/m1/s1. The van der Waals surface area contributed by atoms with E-state index in [9.17, 15) is 58.5 Å². The highest BCUT2D eigenvalue weighted by molar-refractivity contribution is 7.61. The monoisotopic (exact) mass is 650 g/mol. The number of rotatable bonds is 11. The Morgan fingerprint density at radius 2 is 1.60 bits per heavy atom. The molecule has 3 rings (SSSR count). The summed E-state index contributed by atoms with van der Waals surface area (Å²) < 4.78 is 59.0. The Hall–Kier alpha value is -2.36. The van der Waals surface area contributed by atoms with Crippen LogP contribution in [0.25, 0.3) is 0 Å². The lowest BCUT2D eigenvalue weighted by atomic mass is 9.99. The lowest BCUT2D eigenvalue weighted by Crippen LogP contribution is -2.59. The SMILES string of the molecule is CC(=O)OC[C@H]1O[C@H](OP(=O)(O)OP(=O)(O)OC[C@H]2O[C@@H](n3ccc(=O)[nH]c3=O)[C@H](O)[C@@H]2OC(C)=O)[C@H](O)[C@@H](O)[C@@H]1O. The molecule has 0 aromatic carbocycles. The van der Waals surface area contributed by atoms with Gasteiger partial charge in [0.05, 0.1) is 6.61 Å². The maximum Gasteiger partial charge on any atom is 0.483 e. The van der Waals surface area contributed by atoms with E-state index in [-0.39, 0.29) is 0 Å². The third kappa shape index (κ3) is 8.60. The molecule has 238 valence electrons. The third-order valence-corrected chi connectivity index (χ3v) is 8.30. The van der Waals surface area contributed by atoms with Crippen LogP contribution in [0.15, 0.2) is 21.9 Å². The van der Waals surface area contributed by atoms with Crippen LogP contribution in [0.2, 0.25) is 0 Å². The van der Waals surface area contributed by atoms with E-state index in [0.29, 0.717) is 0 Å². The highest BCUT2D eigenvalue weighted by Crippen LogP contribution is 2.61. The highest BCUT2D eigenvalue weighted by atomic mass is 31.3. The first kappa shape index (κ1) is 34.1. The molecule has 0 radical (unpaired) electrons. The Balaban J connectivity index is 1.68. The topological polar surface area (TPSA) is 309 Å². The Labute approximate surface area is 234 Å². The number of carbonyl (C=O) groups is 2. The number of aliphatic hydroxyl groups excluding tert-OH is 4. The van der Waals surface area contributed by atoms with Crippen molar-refractivity contribution in [2.75, 3.05) is 13.2 Å². The molecule has 23 heteroatoms. The fraction of sp³-hybridized carbons (Fsp3) is 0.684. The molecule has 7 N–H and O–H groups in total. The van der Waals surface area contributed by atoms with Crippen molar-refractivity contribution in [3.05, 3.63) is 33.1 Å². The van der Waals surface area contributed by atoms with Gasteiger partial charge in [-0.1, -0.05) is 0 Å². The van der Waals surface area contributed by atoms with Crippen molar-refractivity contribution in [1.82, 2.24) is 9.55 Å². The number of nitrogens with one attached hydrogen (secondary N) is 1. The number of ether oxygens (including phenoxy) is 4. The molecule has 2 unspecified atom stereocenters. The minimum atomic E-state index is -5.69. The molecule has 3 heterocycles. The number of aliphatic hydroxyl groups is 4. The van der Waals surface area contributed by atoms with E-state index in [0.717, 1.165) is 30.7 Å². The predicted octanol–water partition coefficient (Wildman–Crippen LogP) is -3.65. The third-order valence-electron chi connectivity index (χ3n) is 5.70. The summed E-state index contributed by atoms with van der Waals surface area (Å²) in [5.74, 6) is -1.76. The maximum absolute atomic E-state index is 12.4. The van der Waals surface area contributed by atoms with Crippen LogP contribution in [0.4, 0.5) is 0 Å². The predicted molar refractivity (Wildman–Crippen MR) is 128 cm³/mol. The van der Waals surface area contributed by atoms with E-state index in [2.05, 4.69) is 18.1 Å². The van der Waals surface area contributed by atoms with Crippen molar-refractivity contribution in [2.24, 2.45) is 0 Å². The van der Waals surface area contributed by atoms with Gasteiger partial charge in [-0.15, -0.1) is 0 Å². The number of phosphoric ester groups is 2. The van der Waals surface area contributed by atoms with Gasteiger partial charge in [0.25, 0.3) is 5.56 Å². The smallest absolute Gasteiger partial charge is 0.463 e. The first-order valence-electron chi connectivity index (χ1n) is 11.8. The van der Waals surface area contributed by atoms with E-state index in [4.69, 9.17) is 14.2 Å². The summed E-state index contributed by atoms with van der Waals surface area (Å²) >= 11 is 0. The van der Waals surface area contributed by atoms with Crippen molar-refractivity contribution in [2.45, 2.75) is 69.1 Å². The van der Waals surface area contributed by atoms with Gasteiger partial charge in [0, 0.05) is 26.1 Å². The van der Waals surface area contributed by atoms with Gasteiger partial charge in [0.15, 0.2) is 18.6 Å². The van der Waals surface area contributed by atoms with Crippen LogP contribution in [0.5, 0.6) is 0 Å². The first-order chi connectivity index (χ1) is 19.4. The number of carbonyl (C=O) groups excluding carboxylic acids is 2. The Morgan fingerprint density at radius 1 is 0.929 bits per heavy atom. The number of phosphoric acid groups is 2. The number of hydrogen-bond donors (Lipinski definition) is 7. The van der Waals surface area contributed by atoms with Crippen LogP contribution in [0, 0.1) is 0 Å². The highest BCUT2D eigenvalue weighted by Gasteiger charge is 2.51. The van der Waals surface area contributed by atoms with E-state index in [1.54, 1.807) is 0 Å². The summed E-state index contributed by atoms with van der Waals surface area (Å²) in [7, 11) is -11.3. The normalized spacial score (nSPS) is 34.2. The molecular weight excluding hydrogens is 622 g/mol. The second-order valence-electron chi connectivity index (χ2n) is 8.88. The molecule has 0 aliphatic carbocycles. The van der Waals surface area contributed by atoms with Gasteiger partial charge < -0.3 is 49.2 Å². The zero-order chi connectivity index (χ0) is 31.6. The molecule has 2 aliphatic rings. The van der Waals surface area contributed by atoms with Gasteiger partial charge in [-0.2, -0.15) is 4.31 Å². The van der Waals surface area contributed by atoms with E-state index in [1.165, 1.54) is 0 Å². The average Bonchev–Trinajstić information content (AvgIpc) is 3.16. The summed E-state index contributed by atoms with van der Waals surface area (Å²) in [5.41, 5.74) is -1.80. The van der Waals surface area contributed by atoms with Crippen molar-refractivity contribution in [1.29, 1.82) is 0 Å². The van der Waals surface area contributed by atoms with Crippen molar-refractivity contribution < 1.29 is 81.2 Å². The van der Waals surface area contributed by atoms with Gasteiger partial charge in [-0.3, -0.25) is 33.0 Å². The molecule has 0 bridgehead atoms. The summed E-state index contributed by atoms with van der Waals surface area (Å²) in [6.07, 6.45) is -15.5. The summed E-state index contributed by atoms with van der Waals surface area (Å²) in [4.78, 5) is 67.9. The van der Waals surface area contributed by atoms with E-state index >= 15 is 0 Å². The second kappa shape index (κ2) is 13.5. The maximum atomic E-state index is 12.4. The number of hydrogen-bond acceptors (Lipinski definition) is 17. The molecular formula is C19H28N2O19P2. The van der Waals surface area contributed by atoms with Crippen LogP contribution < -0.4 is 11.2 Å². The number of nitrogens with zero attached hydrogens (tertiary/aromatic N) is 1. The van der Waals surface area contributed by atoms with Crippen molar-refractivity contribution in [3.63, 3.8) is 0 Å². The molecule has 2 fully saturated rings. The molecule has 1 aromatic heterocycles. The van der Waals surface area contributed by atoms with Gasteiger partial charge in [0.1, 0.15) is 43.2 Å². The average molecular weight is 650 g/mol. The van der Waals surface area contributed by atoms with Crippen LogP contribution in [0.3, 0.4) is 0 Å². The Morgan fingerprint density at radius 3 is 2.19 bits per heavy atom. The van der Waals surface area contributed by atoms with Gasteiger partial charge in [0.2, 0.25) is 0 Å². The summed E-state index contributed by atoms with van der Waals surface area (Å²) in [6.45, 7) is 0.229. The number of aromatic nitrogens is 2. The number of H-pyrrole nitrogens is 1. The summed E-state index contributed by atoms with van der Waals surface area (Å²) in [5, 5.41) is 40.6. The fourth-order valence-corrected chi connectivity index (χ4v) is 6.02. The van der Waals surface area contributed by atoms with Crippen LogP contribution >= 0.6 is 15.6 Å². The van der Waals surface area contributed by atoms with Crippen molar-refractivity contribution in [3.8, 4) is 0 Å². The van der Waals surface area contributed by atoms with Crippen LogP contribution in [-0.2, 0) is 51.0 Å². The Kier molecular flexibility index (Phi) is 11.0. The molecule has 2 aliphatic heterocycles. The van der Waals surface area contributed by atoms with Gasteiger partial charge in [-0.25, -0.2) is 13.9 Å². The molecule has 1 aromatic rings. The van der Waals surface area contributed by atoms with Crippen molar-refractivity contribution >= 4 is 27.6 Å². The van der Waals surface area contributed by atoms with Crippen LogP contribution in [-0.4, -0.2) is 114 Å². The lowest BCUT2D eigenvalue weighted by molar-refractivity contribution is -0.281. The minimum Gasteiger partial charge on any atom is -0.463 e. The quantitative estimate of drug-likeness (QED) is 0.0896. The largest absolute Gasteiger partial charge is 0.483 e. The molecule has 0 spiro atoms. The lowest BCUT2D eigenvalue weighted by Gasteiger charge is -2.39. The zero-order valence-electron chi connectivity index (χ0n) is 21.6. The van der Waals surface area contributed by atoms with Gasteiger partial charge >= 0.3 is 33.3 Å². The number of aromatic amines is 1. The Bertz CT molecular complexity index is 1350. The molecule has 0 saturated carbocycles. The zero-order valence-corrected chi connectivity index (χ0v) is 23.4. The second-order valence-corrected chi connectivity index (χ2v) is 11.9. The summed E-state index contributed by atoms with van der Waals surface area (Å²) in [6, 6.07) is 0.919. The fourth-order valence-electron chi connectivity index (χ4n) is 3.86. The minimum absolute atomic E-state index is 0.679. The van der Waals surface area contributed by atoms with Gasteiger partial charge in [-0.05, 0) is 0 Å². The van der Waals surface area contributed by atoms with Crippen LogP contribution in [0.1, 0.15) is 20.1 Å². The number of esters is 2. The molecule has 42 heavy (non-hydrogen) atoms.